The van der Waals surface area contributed by atoms with Crippen LogP contribution in [0.5, 0.6) is 0 Å². The fraction of sp³-hybridized carbons (Fsp3) is 0.583. The normalized spacial score (nSPS) is 20.0. The van der Waals surface area contributed by atoms with Gasteiger partial charge in [0.2, 0.25) is 5.91 Å². The van der Waals surface area contributed by atoms with Crippen LogP contribution in [0.25, 0.3) is 0 Å². The van der Waals surface area contributed by atoms with Crippen LogP contribution in [0.4, 0.5) is 4.79 Å². The Kier molecular flexibility index (Phi) is 23.2. The molecule has 0 aliphatic heterocycles. The molecule has 1 unspecified atom stereocenters. The molecule has 1 saturated carbocycles. The molecule has 3 aromatic rings. The highest BCUT2D eigenvalue weighted by atomic mass is 31.2. The van der Waals surface area contributed by atoms with Crippen molar-refractivity contribution in [2.24, 2.45) is 11.8 Å². The number of benzene rings is 3. The molecular formula is C48H76N3O10PSi. The zero-order chi connectivity index (χ0) is 46.5. The van der Waals surface area contributed by atoms with E-state index in [0.29, 0.717) is 5.92 Å². The number of rotatable bonds is 24. The largest absolute Gasteiger partial charge is 0.472 e. The molecule has 6 atom stereocenters. The molecule has 2 amide bonds. The van der Waals surface area contributed by atoms with Crippen LogP contribution in [-0.4, -0.2) is 93.9 Å². The summed E-state index contributed by atoms with van der Waals surface area (Å²) in [6.07, 6.45) is -2.58. The molecule has 1 aliphatic rings. The second kappa shape index (κ2) is 27.1. The molecule has 4 rings (SSSR count). The maximum Gasteiger partial charge on any atom is 0.472 e. The molecule has 0 heterocycles. The predicted octanol–water partition coefficient (Wildman–Crippen LogP) is 9.51. The fourth-order valence-electron chi connectivity index (χ4n) is 7.19. The first-order valence-electron chi connectivity index (χ1n) is 22.5. The van der Waals surface area contributed by atoms with Crippen LogP contribution in [0, 0.1) is 11.8 Å². The van der Waals surface area contributed by atoms with E-state index in [1.165, 1.54) is 26.6 Å². The van der Waals surface area contributed by atoms with E-state index in [0.717, 1.165) is 16.7 Å². The van der Waals surface area contributed by atoms with Crippen molar-refractivity contribution in [2.45, 2.75) is 131 Å². The van der Waals surface area contributed by atoms with Gasteiger partial charge in [0, 0.05) is 26.0 Å². The average Bonchev–Trinajstić information content (AvgIpc) is 3.26. The summed E-state index contributed by atoms with van der Waals surface area (Å²) in [5, 5.41) is 5.51. The third-order valence-corrected chi connectivity index (χ3v) is 18.0. The van der Waals surface area contributed by atoms with E-state index in [1.54, 1.807) is 0 Å². The lowest BCUT2D eigenvalue weighted by molar-refractivity contribution is -0.170. The van der Waals surface area contributed by atoms with Gasteiger partial charge in [-0.15, -0.1) is 0 Å². The van der Waals surface area contributed by atoms with Gasteiger partial charge in [-0.1, -0.05) is 139 Å². The van der Waals surface area contributed by atoms with Crippen LogP contribution < -0.4 is 10.6 Å². The number of carbonyl (C=O) groups is 2. The summed E-state index contributed by atoms with van der Waals surface area (Å²) in [7, 11) is -7.02. The Morgan fingerprint density at radius 1 is 0.825 bits per heavy atom. The number of carbonyl (C=O) groups excluding carboxylic acids is 2. The molecule has 1 aliphatic carbocycles. The first-order chi connectivity index (χ1) is 29.9. The second-order valence-corrected chi connectivity index (χ2v) is 23.4. The van der Waals surface area contributed by atoms with Crippen molar-refractivity contribution in [3.05, 3.63) is 108 Å². The highest BCUT2D eigenvalue weighted by Crippen LogP contribution is 2.49. The Labute approximate surface area is 378 Å². The Balaban J connectivity index is 0.00000139. The number of phosphoric acid groups is 1. The minimum absolute atomic E-state index is 0.0674. The Morgan fingerprint density at radius 3 is 1.78 bits per heavy atom. The fourth-order valence-corrected chi connectivity index (χ4v) is 10.6. The standard InChI is InChI=1S/C42H61N2O10PSi.C6H15N/c1-31(2)42(4,5)56(6,7)53-30-36-26-37(54-55(47,48)52-25-17-24-43-41(46)51-29-35-22-15-10-16-23-35)38(44-32(3)45)40(50-28-34-20-13-9-14-21-34)39(36)49-27-33-18-11-8-12-19-33;1-4-7(5-2)6-3/h8-16,18-23,31,36-40H,17,24-30H2,1-7H3,(H,43,46)(H,44,45)(H,47,48);4-6H2,1-3H3/t36-,37+,38-,39-,40-;/m1./s1. The van der Waals surface area contributed by atoms with E-state index in [9.17, 15) is 19.0 Å². The Bertz CT molecular complexity index is 1780. The summed E-state index contributed by atoms with van der Waals surface area (Å²) in [6, 6.07) is 27.9. The highest BCUT2D eigenvalue weighted by Gasteiger charge is 2.51. The number of nitrogens with one attached hydrogen (secondary N) is 2. The van der Waals surface area contributed by atoms with Gasteiger partial charge < -0.3 is 39.1 Å². The lowest BCUT2D eigenvalue weighted by atomic mass is 9.79. The van der Waals surface area contributed by atoms with Crippen LogP contribution >= 0.6 is 7.82 Å². The molecule has 13 nitrogen and oxygen atoms in total. The maximum absolute atomic E-state index is 13.6. The van der Waals surface area contributed by atoms with Crippen LogP contribution in [0.15, 0.2) is 91.0 Å². The summed E-state index contributed by atoms with van der Waals surface area (Å²) in [5.74, 6) is -0.342. The minimum Gasteiger partial charge on any atom is -0.445 e. The van der Waals surface area contributed by atoms with Crippen LogP contribution in [0.2, 0.25) is 18.1 Å². The van der Waals surface area contributed by atoms with Crippen molar-refractivity contribution in [2.75, 3.05) is 39.4 Å². The number of hydrogen-bond acceptors (Lipinski definition) is 10. The van der Waals surface area contributed by atoms with Gasteiger partial charge >= 0.3 is 13.9 Å². The van der Waals surface area contributed by atoms with Gasteiger partial charge in [-0.3, -0.25) is 13.8 Å². The zero-order valence-electron chi connectivity index (χ0n) is 39.4. The Hall–Kier alpha value is -3.43. The van der Waals surface area contributed by atoms with E-state index >= 15 is 0 Å². The summed E-state index contributed by atoms with van der Waals surface area (Å²) >= 11 is 0. The summed E-state index contributed by atoms with van der Waals surface area (Å²) in [5.41, 5.74) is 2.73. The first kappa shape index (κ1) is 53.9. The van der Waals surface area contributed by atoms with Gasteiger partial charge in [-0.2, -0.15) is 0 Å². The lowest BCUT2D eigenvalue weighted by Gasteiger charge is -2.48. The molecule has 3 aromatic carbocycles. The number of alkyl carbamates (subject to hydrolysis) is 1. The molecule has 15 heteroatoms. The molecule has 63 heavy (non-hydrogen) atoms. The Morgan fingerprint density at radius 2 is 1.32 bits per heavy atom. The van der Waals surface area contributed by atoms with Gasteiger partial charge in [0.05, 0.1) is 38.1 Å². The minimum atomic E-state index is -4.69. The summed E-state index contributed by atoms with van der Waals surface area (Å²) < 4.78 is 50.4. The van der Waals surface area contributed by atoms with Gasteiger partial charge in [0.1, 0.15) is 12.7 Å². The van der Waals surface area contributed by atoms with Crippen LogP contribution in [0.3, 0.4) is 0 Å². The lowest BCUT2D eigenvalue weighted by Crippen LogP contribution is -2.63. The van der Waals surface area contributed by atoms with E-state index in [1.807, 2.05) is 91.0 Å². The number of hydrogen-bond donors (Lipinski definition) is 3. The summed E-state index contributed by atoms with van der Waals surface area (Å²) in [6.45, 7) is 25.6. The molecule has 0 radical (unpaired) electrons. The maximum atomic E-state index is 13.6. The number of amides is 2. The molecule has 0 bridgehead atoms. The number of phosphoric ester groups is 1. The number of nitrogens with zero attached hydrogens (tertiary/aromatic N) is 1. The molecule has 1 fully saturated rings. The predicted molar refractivity (Wildman–Crippen MR) is 251 cm³/mol. The highest BCUT2D eigenvalue weighted by molar-refractivity contribution is 7.47. The van der Waals surface area contributed by atoms with Crippen molar-refractivity contribution in [1.29, 1.82) is 0 Å². The van der Waals surface area contributed by atoms with Crippen molar-refractivity contribution < 1.29 is 46.7 Å². The van der Waals surface area contributed by atoms with E-state index in [2.05, 4.69) is 77.1 Å². The SMILES string of the molecule is CC(=O)N[C@H]1[C@@H](OCc2ccccc2)[C@H](OCc2ccccc2)[C@@H](CO[Si](C)(C)C(C)(C)C(C)C)C[C@@H]1OP(=O)(O)OCCCNC(=O)OCc1ccccc1.CCN(CC)CC. The number of ether oxygens (including phenoxy) is 3. The smallest absolute Gasteiger partial charge is 0.445 e. The van der Waals surface area contributed by atoms with E-state index < -0.39 is 46.6 Å². The molecule has 0 spiro atoms. The average molecular weight is 914 g/mol. The van der Waals surface area contributed by atoms with E-state index in [-0.39, 0.29) is 69.3 Å². The zero-order valence-corrected chi connectivity index (χ0v) is 41.3. The van der Waals surface area contributed by atoms with Crippen molar-refractivity contribution >= 4 is 28.1 Å². The molecule has 0 aromatic heterocycles. The third kappa shape index (κ3) is 18.5. The first-order valence-corrected chi connectivity index (χ1v) is 26.9. The molecule has 352 valence electrons. The van der Waals surface area contributed by atoms with Gasteiger partial charge in [0.25, 0.3) is 0 Å². The monoisotopic (exact) mass is 914 g/mol. The van der Waals surface area contributed by atoms with Crippen molar-refractivity contribution in [3.63, 3.8) is 0 Å². The molecule has 0 saturated heterocycles. The quantitative estimate of drug-likeness (QED) is 0.0447. The topological polar surface area (TPSA) is 154 Å². The van der Waals surface area contributed by atoms with Gasteiger partial charge in [0.15, 0.2) is 8.32 Å². The van der Waals surface area contributed by atoms with Gasteiger partial charge in [-0.05, 0) is 73.2 Å². The summed E-state index contributed by atoms with van der Waals surface area (Å²) in [4.78, 5) is 38.4. The van der Waals surface area contributed by atoms with Crippen LogP contribution in [-0.2, 0) is 56.9 Å². The second-order valence-electron chi connectivity index (χ2n) is 17.3. The van der Waals surface area contributed by atoms with E-state index in [4.69, 9.17) is 27.7 Å². The molecule has 3 N–H and O–H groups in total. The van der Waals surface area contributed by atoms with Crippen molar-refractivity contribution in [1.82, 2.24) is 15.5 Å². The molecular weight excluding hydrogens is 838 g/mol. The van der Waals surface area contributed by atoms with Crippen LogP contribution in [0.1, 0.15) is 84.9 Å². The van der Waals surface area contributed by atoms with Gasteiger partial charge in [-0.25, -0.2) is 9.36 Å². The van der Waals surface area contributed by atoms with Crippen molar-refractivity contribution in [3.8, 4) is 0 Å². The third-order valence-electron chi connectivity index (χ3n) is 12.3.